The number of carbonyl (C=O) groups is 1. The topological polar surface area (TPSA) is 75.0 Å². The van der Waals surface area contributed by atoms with Crippen molar-refractivity contribution in [1.82, 2.24) is 0 Å². The van der Waals surface area contributed by atoms with Gasteiger partial charge >= 0.3 is 5.97 Å². The van der Waals surface area contributed by atoms with Gasteiger partial charge in [0.15, 0.2) is 17.3 Å². The Kier molecular flexibility index (Phi) is 6.22. The van der Waals surface area contributed by atoms with E-state index in [9.17, 15) is 9.59 Å². The molecule has 0 saturated carbocycles. The number of para-hydroxylation sites is 1. The van der Waals surface area contributed by atoms with Crippen molar-refractivity contribution in [3.8, 4) is 28.6 Å². The number of hydrogen-bond donors (Lipinski definition) is 0. The number of benzene rings is 3. The highest BCUT2D eigenvalue weighted by Gasteiger charge is 2.21. The molecule has 0 N–H and O–H groups in total. The standard InChI is InChI=1S/C26H22O6/c1-29-21-14-13-18(16-22(21)30-2)25-26(24(28)19-10-6-7-11-20(19)31-25)32-23(27)15-12-17-8-4-3-5-9-17/h3-11,13-14,16H,12,15H2,1-2H3. The Morgan fingerprint density at radius 2 is 1.59 bits per heavy atom. The van der Waals surface area contributed by atoms with Crippen LogP contribution in [0.25, 0.3) is 22.3 Å². The lowest BCUT2D eigenvalue weighted by Gasteiger charge is -2.13. The maximum absolute atomic E-state index is 13.2. The molecule has 0 aliphatic rings. The first-order chi connectivity index (χ1) is 15.6. The molecule has 0 unspecified atom stereocenters. The summed E-state index contributed by atoms with van der Waals surface area (Å²) in [4.78, 5) is 25.9. The first-order valence-corrected chi connectivity index (χ1v) is 10.1. The fourth-order valence-corrected chi connectivity index (χ4v) is 3.44. The number of methoxy groups -OCH3 is 2. The van der Waals surface area contributed by atoms with Gasteiger partial charge < -0.3 is 18.6 Å². The summed E-state index contributed by atoms with van der Waals surface area (Å²) in [5, 5.41) is 0.336. The van der Waals surface area contributed by atoms with Crippen LogP contribution in [-0.4, -0.2) is 20.2 Å². The van der Waals surface area contributed by atoms with Crippen LogP contribution in [0.2, 0.25) is 0 Å². The van der Waals surface area contributed by atoms with Gasteiger partial charge in [-0.05, 0) is 42.3 Å². The van der Waals surface area contributed by atoms with Crippen LogP contribution >= 0.6 is 0 Å². The van der Waals surface area contributed by atoms with Crippen LogP contribution in [0.3, 0.4) is 0 Å². The van der Waals surface area contributed by atoms with Crippen molar-refractivity contribution >= 4 is 16.9 Å². The molecule has 162 valence electrons. The lowest BCUT2D eigenvalue weighted by atomic mass is 10.1. The molecule has 4 aromatic rings. The van der Waals surface area contributed by atoms with E-state index in [1.807, 2.05) is 30.3 Å². The van der Waals surface area contributed by atoms with Gasteiger partial charge in [-0.1, -0.05) is 42.5 Å². The smallest absolute Gasteiger partial charge is 0.311 e. The van der Waals surface area contributed by atoms with E-state index in [2.05, 4.69) is 0 Å². The SMILES string of the molecule is COc1ccc(-c2oc3ccccc3c(=O)c2OC(=O)CCc2ccccc2)cc1OC. The molecule has 0 saturated heterocycles. The average Bonchev–Trinajstić information content (AvgIpc) is 2.84. The second-order valence-corrected chi connectivity index (χ2v) is 7.12. The van der Waals surface area contributed by atoms with E-state index < -0.39 is 11.4 Å². The van der Waals surface area contributed by atoms with Crippen molar-refractivity contribution in [2.45, 2.75) is 12.8 Å². The van der Waals surface area contributed by atoms with E-state index in [-0.39, 0.29) is 17.9 Å². The Labute approximate surface area is 185 Å². The molecule has 0 bridgehead atoms. The van der Waals surface area contributed by atoms with Gasteiger partial charge in [-0.25, -0.2) is 0 Å². The van der Waals surface area contributed by atoms with Crippen LogP contribution in [0.5, 0.6) is 17.2 Å². The summed E-state index contributed by atoms with van der Waals surface area (Å²) in [7, 11) is 3.05. The van der Waals surface area contributed by atoms with Crippen molar-refractivity contribution in [3.63, 3.8) is 0 Å². The molecule has 0 aliphatic heterocycles. The Balaban J connectivity index is 1.74. The van der Waals surface area contributed by atoms with Crippen molar-refractivity contribution in [2.24, 2.45) is 0 Å². The van der Waals surface area contributed by atoms with Gasteiger partial charge in [0, 0.05) is 12.0 Å². The van der Waals surface area contributed by atoms with Gasteiger partial charge in [-0.15, -0.1) is 0 Å². The number of fused-ring (bicyclic) bond motifs is 1. The molecule has 4 rings (SSSR count). The molecule has 0 spiro atoms. The third-order valence-electron chi connectivity index (χ3n) is 5.08. The average molecular weight is 430 g/mol. The first kappa shape index (κ1) is 21.2. The molecule has 0 atom stereocenters. The summed E-state index contributed by atoms with van der Waals surface area (Å²) in [6, 6.07) is 21.5. The molecular weight excluding hydrogens is 408 g/mol. The predicted octanol–water partition coefficient (Wildman–Crippen LogP) is 5.02. The lowest BCUT2D eigenvalue weighted by Crippen LogP contribution is -2.16. The molecule has 0 radical (unpaired) electrons. The molecule has 1 aromatic heterocycles. The Morgan fingerprint density at radius 3 is 2.34 bits per heavy atom. The molecule has 3 aromatic carbocycles. The van der Waals surface area contributed by atoms with Gasteiger partial charge in [0.25, 0.3) is 0 Å². The maximum atomic E-state index is 13.2. The van der Waals surface area contributed by atoms with Gasteiger partial charge in [0.05, 0.1) is 19.6 Å². The van der Waals surface area contributed by atoms with Crippen molar-refractivity contribution in [1.29, 1.82) is 0 Å². The minimum Gasteiger partial charge on any atom is -0.493 e. The molecule has 0 aliphatic carbocycles. The van der Waals surface area contributed by atoms with Crippen molar-refractivity contribution in [3.05, 3.63) is 88.6 Å². The van der Waals surface area contributed by atoms with Crippen LogP contribution in [0.15, 0.2) is 82.0 Å². The van der Waals surface area contributed by atoms with Crippen molar-refractivity contribution < 1.29 is 23.4 Å². The highest BCUT2D eigenvalue weighted by Crippen LogP contribution is 2.36. The van der Waals surface area contributed by atoms with E-state index >= 15 is 0 Å². The van der Waals surface area contributed by atoms with E-state index in [1.54, 1.807) is 42.5 Å². The van der Waals surface area contributed by atoms with Crippen LogP contribution in [0.4, 0.5) is 0 Å². The summed E-state index contributed by atoms with van der Waals surface area (Å²) in [5.41, 5.74) is 1.52. The van der Waals surface area contributed by atoms with Gasteiger partial charge in [-0.2, -0.15) is 0 Å². The van der Waals surface area contributed by atoms with E-state index in [0.717, 1.165) is 5.56 Å². The summed E-state index contributed by atoms with van der Waals surface area (Å²) in [6.07, 6.45) is 0.631. The van der Waals surface area contributed by atoms with Gasteiger partial charge in [0.1, 0.15) is 5.58 Å². The lowest BCUT2D eigenvalue weighted by molar-refractivity contribution is -0.134. The maximum Gasteiger partial charge on any atom is 0.311 e. The van der Waals surface area contributed by atoms with Gasteiger partial charge in [0.2, 0.25) is 11.2 Å². The molecule has 32 heavy (non-hydrogen) atoms. The number of carbonyl (C=O) groups excluding carboxylic acids is 1. The van der Waals surface area contributed by atoms with Crippen molar-refractivity contribution in [2.75, 3.05) is 14.2 Å². The third-order valence-corrected chi connectivity index (χ3v) is 5.08. The van der Waals surface area contributed by atoms with Crippen LogP contribution in [0.1, 0.15) is 12.0 Å². The molecular formula is C26H22O6. The fraction of sp³-hybridized carbons (Fsp3) is 0.154. The molecule has 1 heterocycles. The second-order valence-electron chi connectivity index (χ2n) is 7.12. The first-order valence-electron chi connectivity index (χ1n) is 10.1. The Bertz CT molecular complexity index is 1310. The zero-order valence-corrected chi connectivity index (χ0v) is 17.8. The minimum absolute atomic E-state index is 0.127. The molecule has 0 amide bonds. The number of ether oxygens (including phenoxy) is 3. The zero-order chi connectivity index (χ0) is 22.5. The number of rotatable bonds is 7. The number of aryl methyl sites for hydroxylation is 1. The third kappa shape index (κ3) is 4.34. The number of hydrogen-bond acceptors (Lipinski definition) is 6. The monoisotopic (exact) mass is 430 g/mol. The van der Waals surface area contributed by atoms with E-state index in [0.29, 0.717) is 34.5 Å². The zero-order valence-electron chi connectivity index (χ0n) is 17.8. The summed E-state index contributed by atoms with van der Waals surface area (Å²) >= 11 is 0. The van der Waals surface area contributed by atoms with Crippen LogP contribution in [-0.2, 0) is 11.2 Å². The van der Waals surface area contributed by atoms with E-state index in [1.165, 1.54) is 14.2 Å². The predicted molar refractivity (Wildman–Crippen MR) is 121 cm³/mol. The summed E-state index contributed by atoms with van der Waals surface area (Å²) in [6.45, 7) is 0. The Hall–Kier alpha value is -4.06. The quantitative estimate of drug-likeness (QED) is 0.384. The largest absolute Gasteiger partial charge is 0.493 e. The van der Waals surface area contributed by atoms with E-state index in [4.69, 9.17) is 18.6 Å². The van der Waals surface area contributed by atoms with Crippen LogP contribution in [0, 0.1) is 0 Å². The Morgan fingerprint density at radius 1 is 0.875 bits per heavy atom. The molecule has 6 heteroatoms. The highest BCUT2D eigenvalue weighted by atomic mass is 16.5. The minimum atomic E-state index is -0.516. The normalized spacial score (nSPS) is 10.7. The highest BCUT2D eigenvalue weighted by molar-refractivity contribution is 5.84. The molecule has 6 nitrogen and oxygen atoms in total. The van der Waals surface area contributed by atoms with Crippen LogP contribution < -0.4 is 19.6 Å². The van der Waals surface area contributed by atoms with Gasteiger partial charge in [-0.3, -0.25) is 9.59 Å². The number of esters is 1. The summed E-state index contributed by atoms with van der Waals surface area (Å²) in [5.74, 6) is 0.484. The molecule has 0 fully saturated rings. The summed E-state index contributed by atoms with van der Waals surface area (Å²) < 4.78 is 22.3. The second kappa shape index (κ2) is 9.39. The fourth-order valence-electron chi connectivity index (χ4n) is 3.44.